The van der Waals surface area contributed by atoms with Crippen LogP contribution in [-0.2, 0) is 19.0 Å². The number of hydrogen-bond acceptors (Lipinski definition) is 5. The van der Waals surface area contributed by atoms with Crippen molar-refractivity contribution in [3.63, 3.8) is 0 Å². The number of aliphatic hydroxyl groups excluding tert-OH is 1. The zero-order chi connectivity index (χ0) is 14.1. The molecule has 108 valence electrons. The fraction of sp³-hybridized carbons (Fsp3) is 0.533. The van der Waals surface area contributed by atoms with Crippen molar-refractivity contribution in [2.24, 2.45) is 0 Å². The van der Waals surface area contributed by atoms with Crippen molar-refractivity contribution >= 4 is 5.97 Å². The molecule has 0 bridgehead atoms. The quantitative estimate of drug-likeness (QED) is 0.842. The molecule has 2 aliphatic heterocycles. The van der Waals surface area contributed by atoms with E-state index in [0.29, 0.717) is 6.61 Å². The molecule has 0 saturated carbocycles. The molecule has 5 heteroatoms. The number of hydrogen-bond donors (Lipinski definition) is 1. The summed E-state index contributed by atoms with van der Waals surface area (Å²) in [6.07, 6.45) is -2.60. The van der Waals surface area contributed by atoms with Gasteiger partial charge in [0.05, 0.1) is 12.5 Å². The highest BCUT2D eigenvalue weighted by molar-refractivity contribution is 5.71. The van der Waals surface area contributed by atoms with Crippen LogP contribution in [0.4, 0.5) is 0 Å². The van der Waals surface area contributed by atoms with E-state index in [2.05, 4.69) is 0 Å². The third kappa shape index (κ3) is 2.32. The van der Waals surface area contributed by atoms with Crippen LogP contribution in [0.15, 0.2) is 30.3 Å². The summed E-state index contributed by atoms with van der Waals surface area (Å²) in [5, 5.41) is 10.4. The Hall–Kier alpha value is -1.43. The first-order valence-electron chi connectivity index (χ1n) is 6.90. The Bertz CT molecular complexity index is 474. The standard InChI is InChI=1S/C15H18O5/c1-2-18-10-8-11(16)19-15-12(17)13(20-14(10)15)9-6-4-3-5-7-9/h3-7,10,12-15,17H,2,8H2,1H3/t10-,12-,13-,14+,15+/m1/s1. The predicted octanol–water partition coefficient (Wildman–Crippen LogP) is 1.21. The molecule has 1 aromatic rings. The maximum absolute atomic E-state index is 11.6. The van der Waals surface area contributed by atoms with Crippen molar-refractivity contribution in [3.8, 4) is 0 Å². The molecular weight excluding hydrogens is 260 g/mol. The van der Waals surface area contributed by atoms with Crippen LogP contribution in [0.25, 0.3) is 0 Å². The van der Waals surface area contributed by atoms with Crippen LogP contribution in [0.5, 0.6) is 0 Å². The van der Waals surface area contributed by atoms with E-state index >= 15 is 0 Å². The summed E-state index contributed by atoms with van der Waals surface area (Å²) in [7, 11) is 0. The molecule has 2 saturated heterocycles. The molecule has 0 spiro atoms. The van der Waals surface area contributed by atoms with Crippen LogP contribution in [0.2, 0.25) is 0 Å². The lowest BCUT2D eigenvalue weighted by atomic mass is 9.96. The molecule has 0 radical (unpaired) electrons. The maximum atomic E-state index is 11.6. The molecular formula is C15H18O5. The first-order chi connectivity index (χ1) is 9.70. The Morgan fingerprint density at radius 1 is 1.30 bits per heavy atom. The molecule has 3 rings (SSSR count). The van der Waals surface area contributed by atoms with E-state index in [4.69, 9.17) is 14.2 Å². The Kier molecular flexibility index (Phi) is 3.74. The first kappa shape index (κ1) is 13.5. The molecule has 5 atom stereocenters. The minimum absolute atomic E-state index is 0.170. The molecule has 2 aliphatic rings. The van der Waals surface area contributed by atoms with E-state index in [1.807, 2.05) is 37.3 Å². The van der Waals surface area contributed by atoms with Crippen LogP contribution in [0, 0.1) is 0 Å². The summed E-state index contributed by atoms with van der Waals surface area (Å²) in [6, 6.07) is 9.46. The first-order valence-corrected chi connectivity index (χ1v) is 6.90. The minimum atomic E-state index is -0.866. The van der Waals surface area contributed by atoms with E-state index in [1.165, 1.54) is 0 Å². The van der Waals surface area contributed by atoms with Gasteiger partial charge in [0.1, 0.15) is 18.3 Å². The summed E-state index contributed by atoms with van der Waals surface area (Å²) >= 11 is 0. The smallest absolute Gasteiger partial charge is 0.308 e. The van der Waals surface area contributed by atoms with E-state index in [9.17, 15) is 9.90 Å². The van der Waals surface area contributed by atoms with Gasteiger partial charge in [-0.2, -0.15) is 0 Å². The van der Waals surface area contributed by atoms with E-state index in [1.54, 1.807) is 0 Å². The number of carbonyl (C=O) groups excluding carboxylic acids is 1. The number of carbonyl (C=O) groups is 1. The van der Waals surface area contributed by atoms with Gasteiger partial charge in [-0.1, -0.05) is 30.3 Å². The number of ether oxygens (including phenoxy) is 3. The van der Waals surface area contributed by atoms with Gasteiger partial charge < -0.3 is 19.3 Å². The predicted molar refractivity (Wildman–Crippen MR) is 70.0 cm³/mol. The summed E-state index contributed by atoms with van der Waals surface area (Å²) in [5.74, 6) is -0.346. The molecule has 0 unspecified atom stereocenters. The van der Waals surface area contributed by atoms with Gasteiger partial charge >= 0.3 is 5.97 Å². The molecule has 0 aliphatic carbocycles. The average Bonchev–Trinajstić information content (AvgIpc) is 2.78. The molecule has 5 nitrogen and oxygen atoms in total. The lowest BCUT2D eigenvalue weighted by Gasteiger charge is -2.32. The van der Waals surface area contributed by atoms with Gasteiger partial charge in [-0.25, -0.2) is 0 Å². The number of esters is 1. The number of benzene rings is 1. The zero-order valence-electron chi connectivity index (χ0n) is 11.3. The van der Waals surface area contributed by atoms with Gasteiger partial charge in [-0.3, -0.25) is 4.79 Å². The highest BCUT2D eigenvalue weighted by Gasteiger charge is 2.53. The van der Waals surface area contributed by atoms with E-state index < -0.39 is 24.4 Å². The summed E-state index contributed by atoms with van der Waals surface area (Å²) in [6.45, 7) is 2.37. The minimum Gasteiger partial charge on any atom is -0.456 e. The fourth-order valence-electron chi connectivity index (χ4n) is 2.90. The van der Waals surface area contributed by atoms with Crippen LogP contribution in [0.3, 0.4) is 0 Å². The van der Waals surface area contributed by atoms with E-state index in [0.717, 1.165) is 5.56 Å². The topological polar surface area (TPSA) is 65.0 Å². The Morgan fingerprint density at radius 3 is 2.75 bits per heavy atom. The second kappa shape index (κ2) is 5.52. The van der Waals surface area contributed by atoms with Gasteiger partial charge in [-0.05, 0) is 12.5 Å². The average molecular weight is 278 g/mol. The largest absolute Gasteiger partial charge is 0.456 e. The van der Waals surface area contributed by atoms with Gasteiger partial charge in [0.25, 0.3) is 0 Å². The number of rotatable bonds is 3. The highest BCUT2D eigenvalue weighted by Crippen LogP contribution is 2.39. The van der Waals surface area contributed by atoms with Crippen LogP contribution in [-0.4, -0.2) is 42.1 Å². The Balaban J connectivity index is 1.84. The lowest BCUT2D eigenvalue weighted by Crippen LogP contribution is -2.48. The maximum Gasteiger partial charge on any atom is 0.308 e. The van der Waals surface area contributed by atoms with Crippen molar-refractivity contribution in [3.05, 3.63) is 35.9 Å². The highest BCUT2D eigenvalue weighted by atomic mass is 16.6. The van der Waals surface area contributed by atoms with Crippen molar-refractivity contribution in [2.75, 3.05) is 6.61 Å². The van der Waals surface area contributed by atoms with Crippen molar-refractivity contribution in [1.82, 2.24) is 0 Å². The lowest BCUT2D eigenvalue weighted by molar-refractivity contribution is -0.181. The third-order valence-electron chi connectivity index (χ3n) is 3.78. The second-order valence-corrected chi connectivity index (χ2v) is 5.07. The monoisotopic (exact) mass is 278 g/mol. The molecule has 2 heterocycles. The fourth-order valence-corrected chi connectivity index (χ4v) is 2.90. The second-order valence-electron chi connectivity index (χ2n) is 5.07. The van der Waals surface area contributed by atoms with Crippen molar-refractivity contribution in [2.45, 2.75) is 43.9 Å². The van der Waals surface area contributed by atoms with Crippen LogP contribution in [0.1, 0.15) is 25.0 Å². The van der Waals surface area contributed by atoms with Gasteiger partial charge in [-0.15, -0.1) is 0 Å². The Morgan fingerprint density at radius 2 is 2.05 bits per heavy atom. The van der Waals surface area contributed by atoms with Crippen LogP contribution >= 0.6 is 0 Å². The third-order valence-corrected chi connectivity index (χ3v) is 3.78. The van der Waals surface area contributed by atoms with Crippen molar-refractivity contribution in [1.29, 1.82) is 0 Å². The zero-order valence-corrected chi connectivity index (χ0v) is 11.3. The van der Waals surface area contributed by atoms with Gasteiger partial charge in [0.2, 0.25) is 0 Å². The SMILES string of the molecule is CCO[C@@H]1CC(=O)O[C@H]2[C@H](O)[C@@H](c3ccccc3)O[C@H]21. The molecule has 1 N–H and O–H groups in total. The molecule has 0 aromatic heterocycles. The number of aliphatic hydroxyl groups is 1. The summed E-state index contributed by atoms with van der Waals surface area (Å²) in [4.78, 5) is 11.6. The van der Waals surface area contributed by atoms with Crippen molar-refractivity contribution < 1.29 is 24.1 Å². The summed E-state index contributed by atoms with van der Waals surface area (Å²) in [5.41, 5.74) is 0.876. The molecule has 0 amide bonds. The van der Waals surface area contributed by atoms with Gasteiger partial charge in [0, 0.05) is 6.61 Å². The van der Waals surface area contributed by atoms with Gasteiger partial charge in [0.15, 0.2) is 6.10 Å². The molecule has 2 fully saturated rings. The number of fused-ring (bicyclic) bond motifs is 1. The Labute approximate surface area is 117 Å². The molecule has 1 aromatic carbocycles. The molecule has 20 heavy (non-hydrogen) atoms. The van der Waals surface area contributed by atoms with Crippen LogP contribution < -0.4 is 0 Å². The summed E-state index contributed by atoms with van der Waals surface area (Å²) < 4.78 is 16.7. The normalized spacial score (nSPS) is 36.5. The van der Waals surface area contributed by atoms with E-state index in [-0.39, 0.29) is 18.5 Å².